The van der Waals surface area contributed by atoms with E-state index in [0.717, 1.165) is 4.47 Å². The summed E-state index contributed by atoms with van der Waals surface area (Å²) in [6.45, 7) is 0. The van der Waals surface area contributed by atoms with Crippen LogP contribution >= 0.6 is 15.9 Å². The molecule has 0 atom stereocenters. The number of nitrogens with zero attached hydrogens (tertiary/aromatic N) is 2. The second-order valence-corrected chi connectivity index (χ2v) is 4.32. The average molecular weight is 308 g/mol. The van der Waals surface area contributed by atoms with E-state index in [1.165, 1.54) is 0 Å². The van der Waals surface area contributed by atoms with Crippen LogP contribution in [0, 0.1) is 0 Å². The zero-order valence-corrected chi connectivity index (χ0v) is 10.8. The second kappa shape index (κ2) is 5.50. The molecule has 0 amide bonds. The molecule has 0 radical (unpaired) electrons. The minimum atomic E-state index is -0.0481. The van der Waals surface area contributed by atoms with E-state index in [1.54, 1.807) is 30.5 Å². The smallest absolute Gasteiger partial charge is 0.230 e. The standard InChI is InChI=1S/C12H10BrN3O2/c13-8-3-1-4-9(7-8)18-12-10(11(14)16-17)5-2-6-15-12/h1-7,17H,(H2,14,16). The zero-order chi connectivity index (χ0) is 13.0. The number of nitrogens with two attached hydrogens (primary N) is 1. The van der Waals surface area contributed by atoms with Gasteiger partial charge in [-0.25, -0.2) is 4.98 Å². The molecule has 2 aromatic rings. The predicted molar refractivity (Wildman–Crippen MR) is 71.0 cm³/mol. The molecule has 0 spiro atoms. The Morgan fingerprint density at radius 3 is 2.89 bits per heavy atom. The lowest BCUT2D eigenvalue weighted by molar-refractivity contribution is 0.318. The van der Waals surface area contributed by atoms with Gasteiger partial charge in [0.25, 0.3) is 0 Å². The lowest BCUT2D eigenvalue weighted by Gasteiger charge is -2.08. The van der Waals surface area contributed by atoms with Crippen molar-refractivity contribution in [2.24, 2.45) is 10.9 Å². The van der Waals surface area contributed by atoms with E-state index in [2.05, 4.69) is 26.1 Å². The van der Waals surface area contributed by atoms with Gasteiger partial charge in [-0.1, -0.05) is 27.2 Å². The Hall–Kier alpha value is -2.08. The fourth-order valence-corrected chi connectivity index (χ4v) is 1.74. The van der Waals surface area contributed by atoms with Gasteiger partial charge in [-0.15, -0.1) is 0 Å². The Bertz CT molecular complexity index is 587. The van der Waals surface area contributed by atoms with Gasteiger partial charge in [0, 0.05) is 10.7 Å². The minimum Gasteiger partial charge on any atom is -0.438 e. The number of rotatable bonds is 3. The molecule has 1 aromatic heterocycles. The summed E-state index contributed by atoms with van der Waals surface area (Å²) in [7, 11) is 0. The van der Waals surface area contributed by atoms with Gasteiger partial charge in [0.2, 0.25) is 5.88 Å². The van der Waals surface area contributed by atoms with Crippen molar-refractivity contribution in [2.75, 3.05) is 0 Å². The maximum Gasteiger partial charge on any atom is 0.230 e. The largest absolute Gasteiger partial charge is 0.438 e. The van der Waals surface area contributed by atoms with Crippen LogP contribution in [0.2, 0.25) is 0 Å². The molecule has 6 heteroatoms. The van der Waals surface area contributed by atoms with Gasteiger partial charge in [-0.2, -0.15) is 0 Å². The van der Waals surface area contributed by atoms with Crippen molar-refractivity contribution >= 4 is 21.8 Å². The Morgan fingerprint density at radius 2 is 2.17 bits per heavy atom. The quantitative estimate of drug-likeness (QED) is 0.395. The zero-order valence-electron chi connectivity index (χ0n) is 9.25. The third kappa shape index (κ3) is 2.78. The topological polar surface area (TPSA) is 80.7 Å². The van der Waals surface area contributed by atoms with E-state index >= 15 is 0 Å². The van der Waals surface area contributed by atoms with Gasteiger partial charge >= 0.3 is 0 Å². The van der Waals surface area contributed by atoms with Crippen molar-refractivity contribution in [1.29, 1.82) is 0 Å². The number of ether oxygens (including phenoxy) is 1. The van der Waals surface area contributed by atoms with Crippen LogP contribution in [-0.4, -0.2) is 16.0 Å². The molecule has 0 aliphatic carbocycles. The maximum absolute atomic E-state index is 8.69. The van der Waals surface area contributed by atoms with Crippen molar-refractivity contribution in [3.05, 3.63) is 52.6 Å². The van der Waals surface area contributed by atoms with Crippen molar-refractivity contribution < 1.29 is 9.94 Å². The SMILES string of the molecule is N/C(=N\O)c1cccnc1Oc1cccc(Br)c1. The van der Waals surface area contributed by atoms with Crippen LogP contribution < -0.4 is 10.5 Å². The fraction of sp³-hybridized carbons (Fsp3) is 0. The highest BCUT2D eigenvalue weighted by atomic mass is 79.9. The molecule has 5 nitrogen and oxygen atoms in total. The van der Waals surface area contributed by atoms with Crippen LogP contribution in [0.25, 0.3) is 0 Å². The molecule has 0 saturated heterocycles. The van der Waals surface area contributed by atoms with Gasteiger partial charge in [-0.05, 0) is 30.3 Å². The molecule has 0 aliphatic heterocycles. The number of pyridine rings is 1. The number of benzene rings is 1. The highest BCUT2D eigenvalue weighted by Crippen LogP contribution is 2.25. The average Bonchev–Trinajstić information content (AvgIpc) is 2.38. The van der Waals surface area contributed by atoms with Gasteiger partial charge in [-0.3, -0.25) is 0 Å². The molecule has 1 aromatic carbocycles. The first-order valence-corrected chi connectivity index (χ1v) is 5.86. The molecule has 0 unspecified atom stereocenters. The van der Waals surface area contributed by atoms with E-state index in [-0.39, 0.29) is 11.7 Å². The second-order valence-electron chi connectivity index (χ2n) is 3.40. The monoisotopic (exact) mass is 307 g/mol. The number of aromatic nitrogens is 1. The first-order chi connectivity index (χ1) is 8.70. The predicted octanol–water partition coefficient (Wildman–Crippen LogP) is 2.73. The van der Waals surface area contributed by atoms with Crippen molar-refractivity contribution in [3.8, 4) is 11.6 Å². The van der Waals surface area contributed by atoms with E-state index < -0.39 is 0 Å². The number of hydrogen-bond acceptors (Lipinski definition) is 4. The summed E-state index contributed by atoms with van der Waals surface area (Å²) in [5, 5.41) is 11.6. The van der Waals surface area contributed by atoms with E-state index in [0.29, 0.717) is 11.3 Å². The summed E-state index contributed by atoms with van der Waals surface area (Å²) in [5.41, 5.74) is 5.98. The molecule has 2 rings (SSSR count). The first-order valence-electron chi connectivity index (χ1n) is 5.07. The van der Waals surface area contributed by atoms with Crippen LogP contribution in [0.1, 0.15) is 5.56 Å². The van der Waals surface area contributed by atoms with Crippen molar-refractivity contribution in [2.45, 2.75) is 0 Å². The molecular weight excluding hydrogens is 298 g/mol. The molecule has 1 heterocycles. The lowest BCUT2D eigenvalue weighted by Crippen LogP contribution is -2.14. The lowest BCUT2D eigenvalue weighted by atomic mass is 10.2. The van der Waals surface area contributed by atoms with Gasteiger partial charge in [0.05, 0.1) is 5.56 Å². The van der Waals surface area contributed by atoms with E-state index in [1.807, 2.05) is 12.1 Å². The van der Waals surface area contributed by atoms with Crippen LogP contribution in [0.15, 0.2) is 52.2 Å². The summed E-state index contributed by atoms with van der Waals surface area (Å²) in [6, 6.07) is 10.7. The summed E-state index contributed by atoms with van der Waals surface area (Å²) in [6.07, 6.45) is 1.57. The molecule has 3 N–H and O–H groups in total. The molecule has 0 aliphatic rings. The highest BCUT2D eigenvalue weighted by molar-refractivity contribution is 9.10. The summed E-state index contributed by atoms with van der Waals surface area (Å²) >= 11 is 3.35. The molecular formula is C12H10BrN3O2. The van der Waals surface area contributed by atoms with Crippen molar-refractivity contribution in [3.63, 3.8) is 0 Å². The molecule has 18 heavy (non-hydrogen) atoms. The normalized spacial score (nSPS) is 11.3. The Kier molecular flexibility index (Phi) is 3.78. The third-order valence-electron chi connectivity index (χ3n) is 2.17. The van der Waals surface area contributed by atoms with Gasteiger partial charge in [0.15, 0.2) is 5.84 Å². The molecule has 0 bridgehead atoms. The Balaban J connectivity index is 2.35. The Labute approximate surface area is 112 Å². The van der Waals surface area contributed by atoms with E-state index in [9.17, 15) is 0 Å². The van der Waals surface area contributed by atoms with Crippen molar-refractivity contribution in [1.82, 2.24) is 4.98 Å². The van der Waals surface area contributed by atoms with Crippen LogP contribution in [0.5, 0.6) is 11.6 Å². The van der Waals surface area contributed by atoms with Crippen LogP contribution in [0.3, 0.4) is 0 Å². The van der Waals surface area contributed by atoms with E-state index in [4.69, 9.17) is 15.7 Å². The van der Waals surface area contributed by atoms with Crippen LogP contribution in [0.4, 0.5) is 0 Å². The first kappa shape index (κ1) is 12.4. The number of amidine groups is 1. The number of oxime groups is 1. The summed E-state index contributed by atoms with van der Waals surface area (Å²) in [5.74, 6) is 0.842. The number of hydrogen-bond donors (Lipinski definition) is 2. The summed E-state index contributed by atoms with van der Waals surface area (Å²) < 4.78 is 6.49. The Morgan fingerprint density at radius 1 is 1.33 bits per heavy atom. The highest BCUT2D eigenvalue weighted by Gasteiger charge is 2.10. The summed E-state index contributed by atoms with van der Waals surface area (Å²) in [4.78, 5) is 4.06. The fourth-order valence-electron chi connectivity index (χ4n) is 1.36. The van der Waals surface area contributed by atoms with Gasteiger partial charge in [0.1, 0.15) is 5.75 Å². The third-order valence-corrected chi connectivity index (χ3v) is 2.66. The minimum absolute atomic E-state index is 0.0481. The molecule has 0 fully saturated rings. The molecule has 92 valence electrons. The number of halogens is 1. The van der Waals surface area contributed by atoms with Gasteiger partial charge < -0.3 is 15.7 Å². The van der Waals surface area contributed by atoms with Crippen LogP contribution in [-0.2, 0) is 0 Å². The molecule has 0 saturated carbocycles. The maximum atomic E-state index is 8.69.